The molecule has 0 N–H and O–H groups in total. The van der Waals surface area contributed by atoms with Crippen LogP contribution in [0.4, 0.5) is 0 Å². The molecule has 1 aromatic carbocycles. The third kappa shape index (κ3) is 2.25. The first-order valence-corrected chi connectivity index (χ1v) is 6.42. The van der Waals surface area contributed by atoms with Crippen molar-refractivity contribution in [2.45, 2.75) is 26.2 Å². The summed E-state index contributed by atoms with van der Waals surface area (Å²) in [5.74, 6) is 1.84. The molecule has 3 nitrogen and oxygen atoms in total. The van der Waals surface area contributed by atoms with Crippen molar-refractivity contribution in [3.8, 4) is 17.6 Å². The molecule has 90 valence electrons. The third-order valence-corrected chi connectivity index (χ3v) is 3.53. The maximum atomic E-state index is 8.88. The molecule has 0 amide bonds. The Hall–Kier alpha value is -1.21. The van der Waals surface area contributed by atoms with Gasteiger partial charge in [-0.1, -0.05) is 13.8 Å². The molecule has 2 rings (SSSR count). The van der Waals surface area contributed by atoms with E-state index in [1.807, 2.05) is 6.07 Å². The second-order valence-electron chi connectivity index (χ2n) is 4.28. The average molecular weight is 296 g/mol. The summed E-state index contributed by atoms with van der Waals surface area (Å²) in [7, 11) is 0. The van der Waals surface area contributed by atoms with Crippen molar-refractivity contribution >= 4 is 15.9 Å². The quantitative estimate of drug-likeness (QED) is 0.840. The average Bonchev–Trinajstić information content (AvgIpc) is 2.29. The Morgan fingerprint density at radius 3 is 2.76 bits per heavy atom. The molecule has 1 aliphatic heterocycles. The predicted molar refractivity (Wildman–Crippen MR) is 68.5 cm³/mol. The van der Waals surface area contributed by atoms with Crippen molar-refractivity contribution in [1.29, 1.82) is 5.26 Å². The number of rotatable bonds is 2. The van der Waals surface area contributed by atoms with Crippen molar-refractivity contribution in [3.05, 3.63) is 21.7 Å². The highest BCUT2D eigenvalue weighted by atomic mass is 79.9. The highest BCUT2D eigenvalue weighted by Gasteiger charge is 2.22. The van der Waals surface area contributed by atoms with E-state index in [0.29, 0.717) is 25.6 Å². The van der Waals surface area contributed by atoms with Crippen LogP contribution in [0.2, 0.25) is 0 Å². The standard InChI is InChI=1S/C13H14BrNO2/c1-8(2)11-9(3-4-15)7-10-13(12(11)14)17-6-5-16-10/h7-8H,3,5-6H2,1-2H3. The fraction of sp³-hybridized carbons (Fsp3) is 0.462. The van der Waals surface area contributed by atoms with E-state index >= 15 is 0 Å². The van der Waals surface area contributed by atoms with Gasteiger partial charge in [0, 0.05) is 0 Å². The first-order chi connectivity index (χ1) is 8.15. The number of hydrogen-bond acceptors (Lipinski definition) is 3. The molecule has 0 bridgehead atoms. The molecule has 0 saturated heterocycles. The van der Waals surface area contributed by atoms with E-state index in [1.54, 1.807) is 0 Å². The number of nitrogens with zero attached hydrogens (tertiary/aromatic N) is 1. The van der Waals surface area contributed by atoms with Gasteiger partial charge in [-0.3, -0.25) is 0 Å². The van der Waals surface area contributed by atoms with Gasteiger partial charge in [-0.05, 0) is 39.0 Å². The zero-order chi connectivity index (χ0) is 12.4. The van der Waals surface area contributed by atoms with Crippen LogP contribution in [0.3, 0.4) is 0 Å². The van der Waals surface area contributed by atoms with E-state index in [2.05, 4.69) is 35.8 Å². The molecule has 0 saturated carbocycles. The Balaban J connectivity index is 2.60. The molecule has 17 heavy (non-hydrogen) atoms. The minimum Gasteiger partial charge on any atom is -0.486 e. The molecule has 0 spiro atoms. The molecule has 0 fully saturated rings. The van der Waals surface area contributed by atoms with E-state index < -0.39 is 0 Å². The molecule has 0 radical (unpaired) electrons. The summed E-state index contributed by atoms with van der Waals surface area (Å²) >= 11 is 3.57. The Morgan fingerprint density at radius 1 is 1.41 bits per heavy atom. The lowest BCUT2D eigenvalue weighted by Gasteiger charge is -2.24. The summed E-state index contributed by atoms with van der Waals surface area (Å²) < 4.78 is 12.1. The normalized spacial score (nSPS) is 13.6. The number of fused-ring (bicyclic) bond motifs is 1. The van der Waals surface area contributed by atoms with E-state index in [9.17, 15) is 0 Å². The van der Waals surface area contributed by atoms with Gasteiger partial charge in [0.25, 0.3) is 0 Å². The van der Waals surface area contributed by atoms with Crippen molar-refractivity contribution in [2.75, 3.05) is 13.2 Å². The fourth-order valence-electron chi connectivity index (χ4n) is 2.07. The van der Waals surface area contributed by atoms with Crippen LogP contribution in [0, 0.1) is 11.3 Å². The second kappa shape index (κ2) is 4.97. The fourth-order valence-corrected chi connectivity index (χ4v) is 3.09. The molecule has 1 heterocycles. The third-order valence-electron chi connectivity index (χ3n) is 2.75. The zero-order valence-electron chi connectivity index (χ0n) is 9.92. The van der Waals surface area contributed by atoms with Crippen LogP contribution in [0.1, 0.15) is 30.9 Å². The topological polar surface area (TPSA) is 42.2 Å². The summed E-state index contributed by atoms with van der Waals surface area (Å²) in [5, 5.41) is 8.88. The van der Waals surface area contributed by atoms with E-state index in [0.717, 1.165) is 27.1 Å². The van der Waals surface area contributed by atoms with Gasteiger partial charge in [0.1, 0.15) is 13.2 Å². The maximum absolute atomic E-state index is 8.88. The smallest absolute Gasteiger partial charge is 0.175 e. The van der Waals surface area contributed by atoms with E-state index in [-0.39, 0.29) is 0 Å². The van der Waals surface area contributed by atoms with Crippen LogP contribution in [0.5, 0.6) is 11.5 Å². The molecule has 0 aromatic heterocycles. The Morgan fingerprint density at radius 2 is 2.12 bits per heavy atom. The van der Waals surface area contributed by atoms with Crippen molar-refractivity contribution in [3.63, 3.8) is 0 Å². The molecule has 1 aliphatic rings. The molecule has 4 heteroatoms. The van der Waals surface area contributed by atoms with E-state index in [1.165, 1.54) is 0 Å². The van der Waals surface area contributed by atoms with Gasteiger partial charge in [-0.15, -0.1) is 0 Å². The van der Waals surface area contributed by atoms with Gasteiger partial charge in [0.05, 0.1) is 17.0 Å². The zero-order valence-corrected chi connectivity index (χ0v) is 11.5. The highest BCUT2D eigenvalue weighted by molar-refractivity contribution is 9.10. The number of benzene rings is 1. The minimum atomic E-state index is 0.337. The van der Waals surface area contributed by atoms with Crippen LogP contribution in [0.25, 0.3) is 0 Å². The van der Waals surface area contributed by atoms with Crippen molar-refractivity contribution < 1.29 is 9.47 Å². The van der Waals surface area contributed by atoms with Gasteiger partial charge >= 0.3 is 0 Å². The Labute approximate surface area is 109 Å². The van der Waals surface area contributed by atoms with Gasteiger partial charge < -0.3 is 9.47 Å². The number of halogens is 1. The van der Waals surface area contributed by atoms with Gasteiger partial charge in [-0.2, -0.15) is 5.26 Å². The lowest BCUT2D eigenvalue weighted by atomic mass is 9.94. The summed E-state index contributed by atoms with van der Waals surface area (Å²) in [6.07, 6.45) is 0.392. The molecule has 0 aliphatic carbocycles. The number of nitriles is 1. The highest BCUT2D eigenvalue weighted by Crippen LogP contribution is 2.44. The lowest BCUT2D eigenvalue weighted by Crippen LogP contribution is -2.17. The summed E-state index contributed by atoms with van der Waals surface area (Å²) in [5.41, 5.74) is 2.15. The Bertz CT molecular complexity index is 477. The summed E-state index contributed by atoms with van der Waals surface area (Å²) in [6.45, 7) is 5.35. The molecule has 0 atom stereocenters. The number of hydrogen-bond donors (Lipinski definition) is 0. The largest absolute Gasteiger partial charge is 0.486 e. The number of ether oxygens (including phenoxy) is 2. The van der Waals surface area contributed by atoms with Crippen LogP contribution < -0.4 is 9.47 Å². The van der Waals surface area contributed by atoms with Gasteiger partial charge in [-0.25, -0.2) is 0 Å². The van der Waals surface area contributed by atoms with Gasteiger partial charge in [0.15, 0.2) is 11.5 Å². The van der Waals surface area contributed by atoms with Crippen molar-refractivity contribution in [2.24, 2.45) is 0 Å². The first-order valence-electron chi connectivity index (χ1n) is 5.63. The SMILES string of the molecule is CC(C)c1c(CC#N)cc2c(c1Br)OCCO2. The van der Waals surface area contributed by atoms with Crippen LogP contribution in [-0.2, 0) is 6.42 Å². The monoisotopic (exact) mass is 295 g/mol. The minimum absolute atomic E-state index is 0.337. The summed E-state index contributed by atoms with van der Waals surface area (Å²) in [4.78, 5) is 0. The maximum Gasteiger partial charge on any atom is 0.175 e. The van der Waals surface area contributed by atoms with Gasteiger partial charge in [0.2, 0.25) is 0 Å². The van der Waals surface area contributed by atoms with Crippen LogP contribution >= 0.6 is 15.9 Å². The summed E-state index contributed by atoms with van der Waals surface area (Å²) in [6, 6.07) is 4.12. The first kappa shape index (κ1) is 12.3. The van der Waals surface area contributed by atoms with Crippen LogP contribution in [0.15, 0.2) is 10.5 Å². The van der Waals surface area contributed by atoms with E-state index in [4.69, 9.17) is 14.7 Å². The second-order valence-corrected chi connectivity index (χ2v) is 5.07. The molecular weight excluding hydrogens is 282 g/mol. The van der Waals surface area contributed by atoms with Crippen LogP contribution in [-0.4, -0.2) is 13.2 Å². The molecule has 0 unspecified atom stereocenters. The van der Waals surface area contributed by atoms with Crippen molar-refractivity contribution in [1.82, 2.24) is 0 Å². The molecule has 1 aromatic rings. The predicted octanol–water partition coefficient (Wildman–Crippen LogP) is 3.41. The molecular formula is C13H14BrNO2. The lowest BCUT2D eigenvalue weighted by molar-refractivity contribution is 0.170. The Kier molecular flexibility index (Phi) is 3.58.